The van der Waals surface area contributed by atoms with Gasteiger partial charge in [0, 0.05) is 25.0 Å². The summed E-state index contributed by atoms with van der Waals surface area (Å²) in [7, 11) is 0. The Hall–Kier alpha value is -0.680. The number of nitrogens with one attached hydrogen (secondary N) is 1. The predicted molar refractivity (Wildman–Crippen MR) is 80.6 cm³/mol. The molecule has 4 nitrogen and oxygen atoms in total. The van der Waals surface area contributed by atoms with E-state index in [0.717, 1.165) is 13.1 Å². The van der Waals surface area contributed by atoms with E-state index < -0.39 is 0 Å². The van der Waals surface area contributed by atoms with Gasteiger partial charge >= 0.3 is 0 Å². The maximum atomic E-state index is 11.9. The molecule has 0 saturated carbocycles. The quantitative estimate of drug-likeness (QED) is 0.691. The lowest BCUT2D eigenvalue weighted by Crippen LogP contribution is -2.47. The van der Waals surface area contributed by atoms with E-state index in [-0.39, 0.29) is 11.4 Å². The number of carbonyl (C=O) groups excluding carboxylic acids is 1. The molecule has 0 saturated heterocycles. The zero-order chi connectivity index (χ0) is 14.3. The lowest BCUT2D eigenvalue weighted by atomic mass is 10.1. The molecule has 0 aromatic rings. The summed E-state index contributed by atoms with van der Waals surface area (Å²) in [6.45, 7) is 12.2. The largest absolute Gasteiger partial charge is 0.393 e. The van der Waals surface area contributed by atoms with Gasteiger partial charge in [-0.15, -0.1) is 0 Å². The van der Waals surface area contributed by atoms with Crippen molar-refractivity contribution in [3.05, 3.63) is 0 Å². The molecule has 0 aliphatic heterocycles. The zero-order valence-electron chi connectivity index (χ0n) is 12.2. The SMILES string of the molecule is CC(C)CN(CCC(N)=S)CC(=O)NC(C)(C)C. The summed E-state index contributed by atoms with van der Waals surface area (Å²) in [6.07, 6.45) is 0.658. The minimum atomic E-state index is -0.191. The number of thiocarbonyl (C=S) groups is 1. The van der Waals surface area contributed by atoms with Crippen molar-refractivity contribution >= 4 is 23.1 Å². The van der Waals surface area contributed by atoms with Crippen molar-refractivity contribution in [1.82, 2.24) is 10.2 Å². The first-order valence-corrected chi connectivity index (χ1v) is 6.82. The minimum absolute atomic E-state index is 0.0473. The number of rotatable bonds is 7. The molecule has 0 aliphatic carbocycles. The fourth-order valence-corrected chi connectivity index (χ4v) is 1.77. The van der Waals surface area contributed by atoms with Crippen molar-refractivity contribution in [2.45, 2.75) is 46.6 Å². The van der Waals surface area contributed by atoms with Crippen LogP contribution >= 0.6 is 12.2 Å². The van der Waals surface area contributed by atoms with Crippen LogP contribution in [-0.2, 0) is 4.79 Å². The first-order chi connectivity index (χ1) is 8.10. The van der Waals surface area contributed by atoms with Crippen molar-refractivity contribution in [1.29, 1.82) is 0 Å². The summed E-state index contributed by atoms with van der Waals surface area (Å²) in [5, 5.41) is 2.97. The molecule has 0 aromatic heterocycles. The summed E-state index contributed by atoms with van der Waals surface area (Å²) in [5.74, 6) is 0.560. The molecule has 0 aromatic carbocycles. The molecule has 0 rings (SSSR count). The Labute approximate surface area is 116 Å². The van der Waals surface area contributed by atoms with E-state index in [2.05, 4.69) is 24.1 Å². The number of nitrogens with two attached hydrogens (primary N) is 1. The predicted octanol–water partition coefficient (Wildman–Crippen LogP) is 1.54. The molecule has 0 atom stereocenters. The van der Waals surface area contributed by atoms with Crippen LogP contribution in [0, 0.1) is 5.92 Å². The Morgan fingerprint density at radius 1 is 1.39 bits per heavy atom. The van der Waals surface area contributed by atoms with Crippen molar-refractivity contribution in [2.24, 2.45) is 11.7 Å². The van der Waals surface area contributed by atoms with Crippen molar-refractivity contribution in [3.8, 4) is 0 Å². The summed E-state index contributed by atoms with van der Waals surface area (Å²) >= 11 is 4.88. The molecular weight excluding hydrogens is 246 g/mol. The van der Waals surface area contributed by atoms with Crippen LogP contribution in [0.5, 0.6) is 0 Å². The molecule has 0 aliphatic rings. The van der Waals surface area contributed by atoms with Gasteiger partial charge in [0.25, 0.3) is 0 Å². The van der Waals surface area contributed by atoms with Gasteiger partial charge in [-0.1, -0.05) is 26.1 Å². The normalized spacial score (nSPS) is 11.9. The molecule has 106 valence electrons. The monoisotopic (exact) mass is 273 g/mol. The molecule has 0 radical (unpaired) electrons. The molecule has 0 unspecified atom stereocenters. The van der Waals surface area contributed by atoms with Crippen LogP contribution in [0.1, 0.15) is 41.0 Å². The van der Waals surface area contributed by atoms with Crippen LogP contribution in [0.4, 0.5) is 0 Å². The topological polar surface area (TPSA) is 58.4 Å². The highest BCUT2D eigenvalue weighted by Crippen LogP contribution is 2.02. The third kappa shape index (κ3) is 10.5. The molecule has 0 spiro atoms. The standard InChI is InChI=1S/C13H27N3OS/c1-10(2)8-16(7-6-11(14)18)9-12(17)15-13(3,4)5/h10H,6-9H2,1-5H3,(H2,14,18)(H,15,17). The fraction of sp³-hybridized carbons (Fsp3) is 0.846. The number of amides is 1. The average molecular weight is 273 g/mol. The summed E-state index contributed by atoms with van der Waals surface area (Å²) in [4.78, 5) is 14.5. The van der Waals surface area contributed by atoms with Gasteiger partial charge in [0.2, 0.25) is 5.91 Å². The fourth-order valence-electron chi connectivity index (χ4n) is 1.68. The van der Waals surface area contributed by atoms with E-state index in [1.807, 2.05) is 20.8 Å². The van der Waals surface area contributed by atoms with Gasteiger partial charge < -0.3 is 11.1 Å². The van der Waals surface area contributed by atoms with E-state index in [1.165, 1.54) is 0 Å². The average Bonchev–Trinajstić information content (AvgIpc) is 2.09. The first-order valence-electron chi connectivity index (χ1n) is 6.42. The second-order valence-corrected chi connectivity index (χ2v) is 6.67. The molecule has 0 fully saturated rings. The highest BCUT2D eigenvalue weighted by molar-refractivity contribution is 7.80. The van der Waals surface area contributed by atoms with Crippen molar-refractivity contribution in [3.63, 3.8) is 0 Å². The third-order valence-corrected chi connectivity index (χ3v) is 2.38. The van der Waals surface area contributed by atoms with Gasteiger partial charge in [0.15, 0.2) is 0 Å². The van der Waals surface area contributed by atoms with E-state index >= 15 is 0 Å². The van der Waals surface area contributed by atoms with Gasteiger partial charge in [0.05, 0.1) is 11.5 Å². The minimum Gasteiger partial charge on any atom is -0.393 e. The Balaban J connectivity index is 4.30. The molecule has 0 bridgehead atoms. The molecule has 18 heavy (non-hydrogen) atoms. The van der Waals surface area contributed by atoms with Crippen LogP contribution < -0.4 is 11.1 Å². The van der Waals surface area contributed by atoms with Gasteiger partial charge in [-0.05, 0) is 26.7 Å². The van der Waals surface area contributed by atoms with Crippen LogP contribution in [0.25, 0.3) is 0 Å². The second kappa shape index (κ2) is 7.69. The zero-order valence-corrected chi connectivity index (χ0v) is 13.1. The molecule has 1 amide bonds. The van der Waals surface area contributed by atoms with Crippen LogP contribution in [0.15, 0.2) is 0 Å². The maximum absolute atomic E-state index is 11.9. The Bertz CT molecular complexity index is 284. The van der Waals surface area contributed by atoms with Gasteiger partial charge in [-0.25, -0.2) is 0 Å². The van der Waals surface area contributed by atoms with Gasteiger partial charge in [-0.3, -0.25) is 9.69 Å². The third-order valence-electron chi connectivity index (χ3n) is 2.18. The van der Waals surface area contributed by atoms with Crippen molar-refractivity contribution < 1.29 is 4.79 Å². The Morgan fingerprint density at radius 2 is 1.94 bits per heavy atom. The molecular formula is C13H27N3OS. The lowest BCUT2D eigenvalue weighted by Gasteiger charge is -2.26. The number of carbonyl (C=O) groups is 1. The molecule has 0 heterocycles. The molecule has 3 N–H and O–H groups in total. The highest BCUT2D eigenvalue weighted by atomic mass is 32.1. The van der Waals surface area contributed by atoms with Crippen molar-refractivity contribution in [2.75, 3.05) is 19.6 Å². The highest BCUT2D eigenvalue weighted by Gasteiger charge is 2.17. The summed E-state index contributed by atoms with van der Waals surface area (Å²) in [6, 6.07) is 0. The smallest absolute Gasteiger partial charge is 0.234 e. The lowest BCUT2D eigenvalue weighted by molar-refractivity contribution is -0.123. The first kappa shape index (κ1) is 17.3. The number of hydrogen-bond acceptors (Lipinski definition) is 3. The molecule has 5 heteroatoms. The van der Waals surface area contributed by atoms with Crippen LogP contribution in [0.2, 0.25) is 0 Å². The Morgan fingerprint density at radius 3 is 2.33 bits per heavy atom. The Kier molecular flexibility index (Phi) is 7.40. The maximum Gasteiger partial charge on any atom is 0.234 e. The van der Waals surface area contributed by atoms with E-state index in [4.69, 9.17) is 18.0 Å². The van der Waals surface area contributed by atoms with Gasteiger partial charge in [-0.2, -0.15) is 0 Å². The summed E-state index contributed by atoms with van der Waals surface area (Å²) in [5.41, 5.74) is 5.32. The van der Waals surface area contributed by atoms with E-state index in [9.17, 15) is 4.79 Å². The van der Waals surface area contributed by atoms with Crippen LogP contribution in [0.3, 0.4) is 0 Å². The van der Waals surface area contributed by atoms with E-state index in [0.29, 0.717) is 23.9 Å². The van der Waals surface area contributed by atoms with E-state index in [1.54, 1.807) is 0 Å². The summed E-state index contributed by atoms with van der Waals surface area (Å²) < 4.78 is 0. The van der Waals surface area contributed by atoms with Crippen LogP contribution in [-0.4, -0.2) is 41.0 Å². The second-order valence-electron chi connectivity index (χ2n) is 6.14. The van der Waals surface area contributed by atoms with Gasteiger partial charge in [0.1, 0.15) is 0 Å². The number of hydrogen-bond donors (Lipinski definition) is 2. The number of nitrogens with zero attached hydrogens (tertiary/aromatic N) is 1.